The molecular weight excluding hydrogens is 300 g/mol. The highest BCUT2D eigenvalue weighted by Crippen LogP contribution is 2.41. The predicted molar refractivity (Wildman–Crippen MR) is 92.2 cm³/mol. The summed E-state index contributed by atoms with van der Waals surface area (Å²) in [6.45, 7) is 1.52. The summed E-state index contributed by atoms with van der Waals surface area (Å²) < 4.78 is 0. The van der Waals surface area contributed by atoms with Crippen molar-refractivity contribution in [1.29, 1.82) is 0 Å². The van der Waals surface area contributed by atoms with Gasteiger partial charge in [-0.05, 0) is 43.0 Å². The van der Waals surface area contributed by atoms with Crippen LogP contribution >= 0.6 is 0 Å². The molecule has 5 rings (SSSR count). The average molecular weight is 320 g/mol. The molecule has 3 aromatic rings. The number of carbonyl (C=O) groups is 1. The smallest absolute Gasteiger partial charge is 0.254 e. The molecule has 2 N–H and O–H groups in total. The van der Waals surface area contributed by atoms with Crippen LogP contribution < -0.4 is 0 Å². The van der Waals surface area contributed by atoms with Crippen LogP contribution in [0, 0.1) is 0 Å². The third-order valence-corrected chi connectivity index (χ3v) is 5.32. The standard InChI is InChI=1S/C19H20N4O/c24-19(14-2-1-3-16-13(14)6-9-20-16)23-10-7-15-17(8-11-23)21-22-18(15)12-4-5-12/h1-3,6,9,12,20H,4-5,7-8,10-11H2,(H,21,22). The maximum atomic E-state index is 13.1. The topological polar surface area (TPSA) is 64.8 Å². The van der Waals surface area contributed by atoms with E-state index in [1.165, 1.54) is 29.8 Å². The lowest BCUT2D eigenvalue weighted by atomic mass is 10.1. The number of rotatable bonds is 2. The highest BCUT2D eigenvalue weighted by Gasteiger charge is 2.31. The van der Waals surface area contributed by atoms with Crippen LogP contribution in [0.3, 0.4) is 0 Å². The number of benzene rings is 1. The van der Waals surface area contributed by atoms with E-state index in [0.29, 0.717) is 5.92 Å². The first-order valence-electron chi connectivity index (χ1n) is 8.72. The fourth-order valence-electron chi connectivity index (χ4n) is 3.85. The van der Waals surface area contributed by atoms with E-state index in [4.69, 9.17) is 0 Å². The zero-order valence-corrected chi connectivity index (χ0v) is 13.5. The van der Waals surface area contributed by atoms with Crippen molar-refractivity contribution < 1.29 is 4.79 Å². The molecule has 5 heteroatoms. The molecule has 5 nitrogen and oxygen atoms in total. The average Bonchev–Trinajstić information content (AvgIpc) is 3.26. The fraction of sp³-hybridized carbons (Fsp3) is 0.368. The molecule has 24 heavy (non-hydrogen) atoms. The molecule has 0 spiro atoms. The number of aromatic nitrogens is 3. The Morgan fingerprint density at radius 1 is 1.17 bits per heavy atom. The Morgan fingerprint density at radius 3 is 2.92 bits per heavy atom. The first kappa shape index (κ1) is 13.8. The SMILES string of the molecule is O=C(c1cccc2[nH]ccc12)N1CCc2[nH]nc(C3CC3)c2CC1. The number of H-pyrrole nitrogens is 2. The van der Waals surface area contributed by atoms with Gasteiger partial charge in [0.15, 0.2) is 0 Å². The Morgan fingerprint density at radius 2 is 2.04 bits per heavy atom. The minimum Gasteiger partial charge on any atom is -0.361 e. The van der Waals surface area contributed by atoms with Crippen LogP contribution in [0.5, 0.6) is 0 Å². The predicted octanol–water partition coefficient (Wildman–Crippen LogP) is 3.01. The highest BCUT2D eigenvalue weighted by atomic mass is 16.2. The molecule has 0 atom stereocenters. The molecule has 0 saturated heterocycles. The van der Waals surface area contributed by atoms with Crippen LogP contribution in [-0.2, 0) is 12.8 Å². The van der Waals surface area contributed by atoms with Crippen LogP contribution in [0.25, 0.3) is 10.9 Å². The minimum absolute atomic E-state index is 0.131. The maximum absolute atomic E-state index is 13.1. The Labute approximate surface area is 140 Å². The lowest BCUT2D eigenvalue weighted by Gasteiger charge is -2.21. The summed E-state index contributed by atoms with van der Waals surface area (Å²) in [6.07, 6.45) is 6.18. The lowest BCUT2D eigenvalue weighted by molar-refractivity contribution is 0.0764. The minimum atomic E-state index is 0.131. The first-order chi connectivity index (χ1) is 11.8. The quantitative estimate of drug-likeness (QED) is 0.762. The summed E-state index contributed by atoms with van der Waals surface area (Å²) in [4.78, 5) is 18.2. The van der Waals surface area contributed by atoms with Crippen LogP contribution in [-0.4, -0.2) is 39.1 Å². The van der Waals surface area contributed by atoms with Crippen LogP contribution in [0.2, 0.25) is 0 Å². The largest absolute Gasteiger partial charge is 0.361 e. The van der Waals surface area contributed by atoms with Gasteiger partial charge in [-0.15, -0.1) is 0 Å². The molecule has 1 aromatic carbocycles. The van der Waals surface area contributed by atoms with Gasteiger partial charge in [-0.25, -0.2) is 0 Å². The van der Waals surface area contributed by atoms with Gasteiger partial charge in [0.2, 0.25) is 0 Å². The normalized spacial score (nSPS) is 17.8. The number of amides is 1. The van der Waals surface area contributed by atoms with Crippen molar-refractivity contribution in [3.8, 4) is 0 Å². The number of hydrogen-bond donors (Lipinski definition) is 2. The Hall–Kier alpha value is -2.56. The maximum Gasteiger partial charge on any atom is 0.254 e. The molecule has 0 unspecified atom stereocenters. The van der Waals surface area contributed by atoms with Gasteiger partial charge in [-0.3, -0.25) is 9.89 Å². The molecule has 3 heterocycles. The van der Waals surface area contributed by atoms with Crippen molar-refractivity contribution in [3.05, 3.63) is 53.0 Å². The van der Waals surface area contributed by atoms with E-state index in [1.54, 1.807) is 0 Å². The Bertz CT molecular complexity index is 918. The molecule has 1 saturated carbocycles. The van der Waals surface area contributed by atoms with Crippen molar-refractivity contribution in [2.24, 2.45) is 0 Å². The summed E-state index contributed by atoms with van der Waals surface area (Å²) in [5, 5.41) is 8.76. The summed E-state index contributed by atoms with van der Waals surface area (Å²) in [5.74, 6) is 0.784. The molecule has 0 radical (unpaired) electrons. The van der Waals surface area contributed by atoms with E-state index in [1.807, 2.05) is 35.4 Å². The van der Waals surface area contributed by atoms with E-state index in [2.05, 4.69) is 15.2 Å². The number of aromatic amines is 2. The second-order valence-electron chi connectivity index (χ2n) is 6.88. The fourth-order valence-corrected chi connectivity index (χ4v) is 3.85. The molecule has 122 valence electrons. The van der Waals surface area contributed by atoms with Gasteiger partial charge in [0.1, 0.15) is 0 Å². The summed E-state index contributed by atoms with van der Waals surface area (Å²) in [7, 11) is 0. The molecule has 1 fully saturated rings. The number of nitrogens with one attached hydrogen (secondary N) is 2. The van der Waals surface area contributed by atoms with Gasteiger partial charge in [0.25, 0.3) is 5.91 Å². The zero-order valence-electron chi connectivity index (χ0n) is 13.5. The Kier molecular flexibility index (Phi) is 3.01. The third-order valence-electron chi connectivity index (χ3n) is 5.32. The van der Waals surface area contributed by atoms with Gasteiger partial charge in [0.05, 0.1) is 5.69 Å². The second kappa shape index (κ2) is 5.23. The molecule has 2 aliphatic rings. The third kappa shape index (κ3) is 2.15. The summed E-state index contributed by atoms with van der Waals surface area (Å²) >= 11 is 0. The van der Waals surface area contributed by atoms with E-state index in [0.717, 1.165) is 42.4 Å². The highest BCUT2D eigenvalue weighted by molar-refractivity contribution is 6.06. The summed E-state index contributed by atoms with van der Waals surface area (Å²) in [5.41, 5.74) is 5.66. The van der Waals surface area contributed by atoms with E-state index >= 15 is 0 Å². The molecular formula is C19H20N4O. The molecule has 2 aromatic heterocycles. The Balaban J connectivity index is 1.42. The van der Waals surface area contributed by atoms with Gasteiger partial charge < -0.3 is 9.88 Å². The number of carbonyl (C=O) groups excluding carboxylic acids is 1. The number of fused-ring (bicyclic) bond motifs is 2. The van der Waals surface area contributed by atoms with Crippen molar-refractivity contribution in [1.82, 2.24) is 20.1 Å². The molecule has 0 bridgehead atoms. The van der Waals surface area contributed by atoms with Crippen molar-refractivity contribution in [2.75, 3.05) is 13.1 Å². The monoisotopic (exact) mass is 320 g/mol. The summed E-state index contributed by atoms with van der Waals surface area (Å²) in [6, 6.07) is 7.87. The van der Waals surface area contributed by atoms with Crippen molar-refractivity contribution in [2.45, 2.75) is 31.6 Å². The van der Waals surface area contributed by atoms with Gasteiger partial charge in [-0.1, -0.05) is 6.07 Å². The van der Waals surface area contributed by atoms with Crippen LogP contribution in [0.4, 0.5) is 0 Å². The lowest BCUT2D eigenvalue weighted by Crippen LogP contribution is -2.33. The molecule has 1 amide bonds. The first-order valence-corrected chi connectivity index (χ1v) is 8.72. The van der Waals surface area contributed by atoms with Crippen LogP contribution in [0.1, 0.15) is 46.1 Å². The van der Waals surface area contributed by atoms with E-state index < -0.39 is 0 Å². The van der Waals surface area contributed by atoms with E-state index in [-0.39, 0.29) is 5.91 Å². The van der Waals surface area contributed by atoms with Gasteiger partial charge in [-0.2, -0.15) is 5.10 Å². The second-order valence-corrected chi connectivity index (χ2v) is 6.88. The number of nitrogens with zero attached hydrogens (tertiary/aromatic N) is 2. The van der Waals surface area contributed by atoms with Crippen molar-refractivity contribution in [3.63, 3.8) is 0 Å². The van der Waals surface area contributed by atoms with Crippen LogP contribution in [0.15, 0.2) is 30.5 Å². The van der Waals surface area contributed by atoms with Gasteiger partial charge >= 0.3 is 0 Å². The molecule has 1 aliphatic carbocycles. The zero-order chi connectivity index (χ0) is 16.1. The molecule has 1 aliphatic heterocycles. The van der Waals surface area contributed by atoms with Gasteiger partial charge in [0, 0.05) is 53.8 Å². The van der Waals surface area contributed by atoms with Crippen molar-refractivity contribution >= 4 is 16.8 Å². The number of hydrogen-bond acceptors (Lipinski definition) is 2. The van der Waals surface area contributed by atoms with E-state index in [9.17, 15) is 4.79 Å².